The Hall–Kier alpha value is -1.86. The van der Waals surface area contributed by atoms with E-state index < -0.39 is 5.56 Å². The molecule has 1 aromatic heterocycles. The number of hydrogen-bond acceptors (Lipinski definition) is 4. The molecule has 136 valence electrons. The molecule has 2 saturated heterocycles. The molecule has 3 heterocycles. The van der Waals surface area contributed by atoms with Crippen molar-refractivity contribution in [3.8, 4) is 0 Å². The van der Waals surface area contributed by atoms with E-state index >= 15 is 0 Å². The van der Waals surface area contributed by atoms with E-state index in [9.17, 15) is 14.4 Å². The van der Waals surface area contributed by atoms with E-state index in [4.69, 9.17) is 11.6 Å². The van der Waals surface area contributed by atoms with Crippen LogP contribution in [0.3, 0.4) is 0 Å². The third-order valence-electron chi connectivity index (χ3n) is 5.53. The molecule has 8 heteroatoms. The van der Waals surface area contributed by atoms with Crippen molar-refractivity contribution in [2.75, 3.05) is 40.3 Å². The number of aromatic nitrogens is 1. The summed E-state index contributed by atoms with van der Waals surface area (Å²) in [6.45, 7) is 2.62. The maximum Gasteiger partial charge on any atom is 0.266 e. The van der Waals surface area contributed by atoms with E-state index in [0.29, 0.717) is 31.6 Å². The Labute approximate surface area is 151 Å². The van der Waals surface area contributed by atoms with Crippen molar-refractivity contribution < 1.29 is 9.59 Å². The second-order valence-electron chi connectivity index (χ2n) is 7.00. The first-order valence-corrected chi connectivity index (χ1v) is 8.83. The van der Waals surface area contributed by atoms with E-state index in [1.54, 1.807) is 9.80 Å². The van der Waals surface area contributed by atoms with E-state index in [1.807, 2.05) is 7.05 Å². The zero-order valence-corrected chi connectivity index (χ0v) is 15.3. The van der Waals surface area contributed by atoms with Gasteiger partial charge in [0.1, 0.15) is 5.02 Å². The van der Waals surface area contributed by atoms with Gasteiger partial charge in [0.2, 0.25) is 5.91 Å². The molecular weight excluding hydrogens is 344 g/mol. The number of likely N-dealkylation sites (tertiary alicyclic amines) is 1. The highest BCUT2D eigenvalue weighted by atomic mass is 35.5. The summed E-state index contributed by atoms with van der Waals surface area (Å²) in [7, 11) is 3.89. The minimum Gasteiger partial charge on any atom is -0.346 e. The minimum atomic E-state index is -0.404. The molecule has 0 saturated carbocycles. The lowest BCUT2D eigenvalue weighted by Crippen LogP contribution is -2.62. The van der Waals surface area contributed by atoms with Crippen LogP contribution in [0.15, 0.2) is 17.1 Å². The van der Waals surface area contributed by atoms with Gasteiger partial charge in [-0.15, -0.1) is 0 Å². The molecule has 1 spiro atoms. The lowest BCUT2D eigenvalue weighted by molar-refractivity contribution is -0.129. The molecule has 2 aliphatic heterocycles. The Morgan fingerprint density at radius 1 is 1.20 bits per heavy atom. The van der Waals surface area contributed by atoms with E-state index in [-0.39, 0.29) is 22.4 Å². The number of rotatable bonds is 1. The fourth-order valence-corrected chi connectivity index (χ4v) is 3.87. The van der Waals surface area contributed by atoms with Crippen LogP contribution >= 0.6 is 11.6 Å². The molecule has 2 amide bonds. The van der Waals surface area contributed by atoms with Gasteiger partial charge in [0.05, 0.1) is 5.56 Å². The zero-order chi connectivity index (χ0) is 18.2. The molecule has 1 N–H and O–H groups in total. The van der Waals surface area contributed by atoms with Gasteiger partial charge in [0.15, 0.2) is 0 Å². The zero-order valence-electron chi connectivity index (χ0n) is 14.5. The van der Waals surface area contributed by atoms with Crippen molar-refractivity contribution >= 4 is 23.4 Å². The van der Waals surface area contributed by atoms with E-state index in [1.165, 1.54) is 12.3 Å². The maximum absolute atomic E-state index is 12.9. The summed E-state index contributed by atoms with van der Waals surface area (Å²) in [6.07, 6.45) is 3.48. The van der Waals surface area contributed by atoms with Gasteiger partial charge in [-0.1, -0.05) is 11.6 Å². The summed E-state index contributed by atoms with van der Waals surface area (Å²) in [5.41, 5.74) is -0.218. The third kappa shape index (κ3) is 3.43. The number of carbonyl (C=O) groups excluding carboxylic acids is 2. The number of carbonyl (C=O) groups is 2. The Balaban J connectivity index is 1.82. The highest BCUT2D eigenvalue weighted by molar-refractivity contribution is 6.30. The van der Waals surface area contributed by atoms with Gasteiger partial charge >= 0.3 is 0 Å². The fraction of sp³-hybridized carbons (Fsp3) is 0.588. The molecule has 3 rings (SSSR count). The molecular formula is C17H23ClN4O3. The van der Waals surface area contributed by atoms with Gasteiger partial charge in [0, 0.05) is 51.4 Å². The van der Waals surface area contributed by atoms with Crippen LogP contribution in [0.5, 0.6) is 0 Å². The first kappa shape index (κ1) is 17.9. The quantitative estimate of drug-likeness (QED) is 0.797. The average Bonchev–Trinajstić information content (AvgIpc) is 2.74. The molecule has 0 bridgehead atoms. The van der Waals surface area contributed by atoms with Gasteiger partial charge in [-0.2, -0.15) is 0 Å². The summed E-state index contributed by atoms with van der Waals surface area (Å²) in [6, 6.07) is 1.41. The maximum atomic E-state index is 12.9. The van der Waals surface area contributed by atoms with E-state index in [0.717, 1.165) is 19.4 Å². The van der Waals surface area contributed by atoms with Gasteiger partial charge < -0.3 is 14.8 Å². The Morgan fingerprint density at radius 2 is 1.96 bits per heavy atom. The lowest BCUT2D eigenvalue weighted by atomic mass is 9.86. The van der Waals surface area contributed by atoms with Crippen LogP contribution in [0.25, 0.3) is 0 Å². The number of halogens is 1. The first-order chi connectivity index (χ1) is 11.8. The second kappa shape index (κ2) is 6.80. The van der Waals surface area contributed by atoms with Crippen LogP contribution < -0.4 is 5.56 Å². The molecule has 0 aromatic carbocycles. The van der Waals surface area contributed by atoms with Crippen LogP contribution in [-0.2, 0) is 4.79 Å². The highest BCUT2D eigenvalue weighted by Crippen LogP contribution is 2.32. The molecule has 1 atom stereocenters. The standard InChI is InChI=1S/C17H23ClN4O3/c1-20-6-5-17(4-3-14(20)23)11-22(8-7-21(17)2)16(25)12-9-13(18)15(24)19-10-12/h9-10H,3-8,11H2,1-2H3,(H,19,24)/t17-/m1/s1. The molecule has 0 radical (unpaired) electrons. The Morgan fingerprint density at radius 3 is 2.68 bits per heavy atom. The van der Waals surface area contributed by atoms with Crippen LogP contribution in [0.2, 0.25) is 5.02 Å². The number of aromatic amines is 1. The summed E-state index contributed by atoms with van der Waals surface area (Å²) in [5.74, 6) is 0.00990. The molecule has 2 fully saturated rings. The third-order valence-corrected chi connectivity index (χ3v) is 5.82. The number of nitrogens with one attached hydrogen (secondary N) is 1. The predicted octanol–water partition coefficient (Wildman–Crippen LogP) is 0.797. The first-order valence-electron chi connectivity index (χ1n) is 8.45. The average molecular weight is 367 g/mol. The van der Waals surface area contributed by atoms with Crippen LogP contribution in [0.1, 0.15) is 29.6 Å². The van der Waals surface area contributed by atoms with E-state index in [2.05, 4.69) is 16.9 Å². The SMILES string of the molecule is CN1CC[C@]2(CCC1=O)CN(C(=O)c1c[nH]c(=O)c(Cl)c1)CCN2C. The molecule has 2 aliphatic rings. The summed E-state index contributed by atoms with van der Waals surface area (Å²) in [5, 5.41) is 0.0105. The van der Waals surface area contributed by atoms with Crippen molar-refractivity contribution in [2.45, 2.75) is 24.8 Å². The van der Waals surface area contributed by atoms with Crippen LogP contribution in [0.4, 0.5) is 0 Å². The van der Waals surface area contributed by atoms with Gasteiger partial charge in [-0.05, 0) is 26.0 Å². The lowest BCUT2D eigenvalue weighted by Gasteiger charge is -2.49. The topological polar surface area (TPSA) is 76.7 Å². The molecule has 25 heavy (non-hydrogen) atoms. The van der Waals surface area contributed by atoms with Crippen LogP contribution in [0, 0.1) is 0 Å². The normalized spacial score (nSPS) is 25.3. The number of piperazine rings is 1. The molecule has 0 aliphatic carbocycles. The Bertz CT molecular complexity index is 750. The van der Waals surface area contributed by atoms with Crippen molar-refractivity contribution in [1.82, 2.24) is 19.7 Å². The number of nitrogens with zero attached hydrogens (tertiary/aromatic N) is 3. The van der Waals surface area contributed by atoms with Crippen molar-refractivity contribution in [3.05, 3.63) is 33.2 Å². The predicted molar refractivity (Wildman–Crippen MR) is 94.8 cm³/mol. The second-order valence-corrected chi connectivity index (χ2v) is 7.41. The van der Waals surface area contributed by atoms with Gasteiger partial charge in [0.25, 0.3) is 11.5 Å². The van der Waals surface area contributed by atoms with Gasteiger partial charge in [-0.3, -0.25) is 19.3 Å². The molecule has 0 unspecified atom stereocenters. The molecule has 7 nitrogen and oxygen atoms in total. The highest BCUT2D eigenvalue weighted by Gasteiger charge is 2.43. The summed E-state index contributed by atoms with van der Waals surface area (Å²) < 4.78 is 0. The summed E-state index contributed by atoms with van der Waals surface area (Å²) in [4.78, 5) is 44.6. The largest absolute Gasteiger partial charge is 0.346 e. The molecule has 1 aromatic rings. The fourth-order valence-electron chi connectivity index (χ4n) is 3.69. The Kier molecular flexibility index (Phi) is 4.88. The van der Waals surface area contributed by atoms with Crippen molar-refractivity contribution in [3.63, 3.8) is 0 Å². The van der Waals surface area contributed by atoms with Gasteiger partial charge in [-0.25, -0.2) is 0 Å². The minimum absolute atomic E-state index is 0.0105. The number of amides is 2. The number of H-pyrrole nitrogens is 1. The number of likely N-dealkylation sites (N-methyl/N-ethyl adjacent to an activating group) is 1. The number of hydrogen-bond donors (Lipinski definition) is 1. The number of pyridine rings is 1. The van der Waals surface area contributed by atoms with Crippen molar-refractivity contribution in [2.24, 2.45) is 0 Å². The monoisotopic (exact) mass is 366 g/mol. The van der Waals surface area contributed by atoms with Crippen LogP contribution in [-0.4, -0.2) is 77.3 Å². The van der Waals surface area contributed by atoms with Crippen molar-refractivity contribution in [1.29, 1.82) is 0 Å². The summed E-state index contributed by atoms with van der Waals surface area (Å²) >= 11 is 5.85. The smallest absolute Gasteiger partial charge is 0.266 e.